The van der Waals surface area contributed by atoms with Gasteiger partial charge >= 0.3 is 0 Å². The summed E-state index contributed by atoms with van der Waals surface area (Å²) in [5.74, 6) is 0. The lowest BCUT2D eigenvalue weighted by Gasteiger charge is -1.92. The molecule has 0 aromatic heterocycles. The molecule has 0 unspecified atom stereocenters. The molecule has 0 bridgehead atoms. The topological polar surface area (TPSA) is 25.8 Å². The van der Waals surface area contributed by atoms with Gasteiger partial charge in [0, 0.05) is 13.5 Å². The van der Waals surface area contributed by atoms with Crippen molar-refractivity contribution in [2.45, 2.75) is 6.42 Å². The molecule has 0 saturated carbocycles. The summed E-state index contributed by atoms with van der Waals surface area (Å²) >= 11 is 0. The van der Waals surface area contributed by atoms with E-state index in [1.807, 2.05) is 0 Å². The maximum Gasteiger partial charge on any atom is 0.0775 e. The Hall–Kier alpha value is -0.0800. The van der Waals surface area contributed by atoms with E-state index in [1.54, 1.807) is 7.11 Å². The maximum atomic E-state index is 4.82. The van der Waals surface area contributed by atoms with Crippen LogP contribution in [-0.4, -0.2) is 27.3 Å². The van der Waals surface area contributed by atoms with Crippen LogP contribution < -0.4 is 5.32 Å². The standard InChI is InChI=1S/C5H13NO/c1-6-4-3-5-7-2/h6H,3-5H2,1-2H3/p+1. The lowest BCUT2D eigenvalue weighted by atomic mass is 10.5. The second-order valence-corrected chi connectivity index (χ2v) is 1.54. The number of ether oxygens (including phenoxy) is 1. The summed E-state index contributed by atoms with van der Waals surface area (Å²) in [7, 11) is 3.80. The zero-order valence-corrected chi connectivity index (χ0v) is 5.11. The summed E-state index contributed by atoms with van der Waals surface area (Å²) in [5, 5.41) is 2.15. The van der Waals surface area contributed by atoms with E-state index < -0.39 is 0 Å². The third kappa shape index (κ3) is 5.92. The van der Waals surface area contributed by atoms with Crippen molar-refractivity contribution >= 4 is 0 Å². The van der Waals surface area contributed by atoms with Gasteiger partial charge in [0.1, 0.15) is 0 Å². The molecule has 0 rings (SSSR count). The van der Waals surface area contributed by atoms with E-state index in [0.29, 0.717) is 0 Å². The van der Waals surface area contributed by atoms with Crippen LogP contribution in [0.25, 0.3) is 0 Å². The Bertz CT molecular complexity index is 27.3. The van der Waals surface area contributed by atoms with Crippen molar-refractivity contribution in [1.82, 2.24) is 0 Å². The normalized spacial score (nSPS) is 9.43. The lowest BCUT2D eigenvalue weighted by molar-refractivity contribution is -0.627. The van der Waals surface area contributed by atoms with E-state index in [-0.39, 0.29) is 0 Å². The van der Waals surface area contributed by atoms with Gasteiger partial charge in [-0.1, -0.05) is 0 Å². The van der Waals surface area contributed by atoms with Crippen molar-refractivity contribution in [3.8, 4) is 0 Å². The molecule has 0 atom stereocenters. The number of rotatable bonds is 4. The predicted molar refractivity (Wildman–Crippen MR) is 29.2 cm³/mol. The molecule has 0 aliphatic rings. The van der Waals surface area contributed by atoms with Crippen LogP contribution in [-0.2, 0) is 4.74 Å². The van der Waals surface area contributed by atoms with E-state index in [4.69, 9.17) is 4.74 Å². The van der Waals surface area contributed by atoms with Crippen LogP contribution in [0.5, 0.6) is 0 Å². The van der Waals surface area contributed by atoms with Crippen LogP contribution in [0.1, 0.15) is 6.42 Å². The molecule has 7 heavy (non-hydrogen) atoms. The first kappa shape index (κ1) is 6.92. The molecular weight excluding hydrogens is 90.1 g/mol. The molecule has 44 valence electrons. The minimum Gasteiger partial charge on any atom is -0.384 e. The molecular formula is C5H14NO+. The van der Waals surface area contributed by atoms with E-state index in [2.05, 4.69) is 12.4 Å². The monoisotopic (exact) mass is 104 g/mol. The van der Waals surface area contributed by atoms with Crippen molar-refractivity contribution in [3.05, 3.63) is 0 Å². The second kappa shape index (κ2) is 5.92. The molecule has 0 aliphatic heterocycles. The van der Waals surface area contributed by atoms with Gasteiger partial charge in [0.25, 0.3) is 0 Å². The van der Waals surface area contributed by atoms with Crippen molar-refractivity contribution in [2.75, 3.05) is 27.3 Å². The molecule has 0 radical (unpaired) electrons. The zero-order chi connectivity index (χ0) is 5.54. The van der Waals surface area contributed by atoms with Crippen molar-refractivity contribution in [2.24, 2.45) is 0 Å². The number of hydrogen-bond acceptors (Lipinski definition) is 1. The van der Waals surface area contributed by atoms with Crippen LogP contribution in [0.3, 0.4) is 0 Å². The van der Waals surface area contributed by atoms with E-state index in [1.165, 1.54) is 6.54 Å². The highest BCUT2D eigenvalue weighted by atomic mass is 16.5. The van der Waals surface area contributed by atoms with Crippen LogP contribution in [0.4, 0.5) is 0 Å². The van der Waals surface area contributed by atoms with Gasteiger partial charge < -0.3 is 10.1 Å². The Morgan fingerprint density at radius 1 is 1.57 bits per heavy atom. The molecule has 0 heterocycles. The fourth-order valence-electron chi connectivity index (χ4n) is 0.432. The SMILES string of the molecule is C[NH2+]CCCOC. The van der Waals surface area contributed by atoms with Gasteiger partial charge in [0.05, 0.1) is 20.2 Å². The van der Waals surface area contributed by atoms with Gasteiger partial charge in [-0.2, -0.15) is 0 Å². The molecule has 0 fully saturated rings. The summed E-state index contributed by atoms with van der Waals surface area (Å²) in [6, 6.07) is 0. The van der Waals surface area contributed by atoms with Crippen LogP contribution in [0, 0.1) is 0 Å². The molecule has 0 aliphatic carbocycles. The van der Waals surface area contributed by atoms with Gasteiger partial charge in [0.15, 0.2) is 0 Å². The minimum atomic E-state index is 0.893. The molecule has 0 saturated heterocycles. The quantitative estimate of drug-likeness (QED) is 0.465. The van der Waals surface area contributed by atoms with Gasteiger partial charge in [-0.3, -0.25) is 0 Å². The second-order valence-electron chi connectivity index (χ2n) is 1.54. The number of hydrogen-bond donors (Lipinski definition) is 1. The molecule has 0 amide bonds. The maximum absolute atomic E-state index is 4.82. The number of methoxy groups -OCH3 is 1. The Labute approximate surface area is 44.9 Å². The molecule has 0 aromatic rings. The largest absolute Gasteiger partial charge is 0.384 e. The summed E-state index contributed by atoms with van der Waals surface area (Å²) in [6.45, 7) is 2.07. The van der Waals surface area contributed by atoms with Crippen LogP contribution in [0.2, 0.25) is 0 Å². The van der Waals surface area contributed by atoms with E-state index in [0.717, 1.165) is 13.0 Å². The zero-order valence-electron chi connectivity index (χ0n) is 5.11. The minimum absolute atomic E-state index is 0.893. The molecule has 2 nitrogen and oxygen atoms in total. The first-order valence-corrected chi connectivity index (χ1v) is 2.68. The highest BCUT2D eigenvalue weighted by Crippen LogP contribution is 1.70. The summed E-state index contributed by atoms with van der Waals surface area (Å²) < 4.78 is 4.82. The molecule has 2 N–H and O–H groups in total. The smallest absolute Gasteiger partial charge is 0.0775 e. The van der Waals surface area contributed by atoms with Gasteiger partial charge in [-0.15, -0.1) is 0 Å². The first-order chi connectivity index (χ1) is 3.41. The van der Waals surface area contributed by atoms with Crippen molar-refractivity contribution in [3.63, 3.8) is 0 Å². The third-order valence-electron chi connectivity index (χ3n) is 0.841. The Balaban J connectivity index is 2.45. The lowest BCUT2D eigenvalue weighted by Crippen LogP contribution is -2.79. The highest BCUT2D eigenvalue weighted by Gasteiger charge is 1.81. The van der Waals surface area contributed by atoms with Crippen LogP contribution in [0.15, 0.2) is 0 Å². The molecule has 2 heteroatoms. The number of nitrogens with two attached hydrogens (primary N) is 1. The average molecular weight is 104 g/mol. The van der Waals surface area contributed by atoms with Gasteiger partial charge in [0.2, 0.25) is 0 Å². The third-order valence-corrected chi connectivity index (χ3v) is 0.841. The van der Waals surface area contributed by atoms with Crippen LogP contribution >= 0.6 is 0 Å². The molecule has 0 spiro atoms. The average Bonchev–Trinajstić information content (AvgIpc) is 1.69. The molecule has 0 aromatic carbocycles. The Morgan fingerprint density at radius 2 is 2.29 bits per heavy atom. The number of quaternary nitrogens is 1. The summed E-state index contributed by atoms with van der Waals surface area (Å²) in [4.78, 5) is 0. The first-order valence-electron chi connectivity index (χ1n) is 2.68. The predicted octanol–water partition coefficient (Wildman–Crippen LogP) is -0.784. The Kier molecular flexibility index (Phi) is 5.85. The van der Waals surface area contributed by atoms with E-state index in [9.17, 15) is 0 Å². The van der Waals surface area contributed by atoms with Crippen molar-refractivity contribution < 1.29 is 10.1 Å². The fraction of sp³-hybridized carbons (Fsp3) is 1.00. The Morgan fingerprint density at radius 3 is 2.71 bits per heavy atom. The van der Waals surface area contributed by atoms with Gasteiger partial charge in [-0.25, -0.2) is 0 Å². The van der Waals surface area contributed by atoms with Crippen molar-refractivity contribution in [1.29, 1.82) is 0 Å². The highest BCUT2D eigenvalue weighted by molar-refractivity contribution is 4.25. The fourth-order valence-corrected chi connectivity index (χ4v) is 0.432. The summed E-state index contributed by atoms with van der Waals surface area (Å²) in [5.41, 5.74) is 0. The van der Waals surface area contributed by atoms with Gasteiger partial charge in [-0.05, 0) is 0 Å². The summed E-state index contributed by atoms with van der Waals surface area (Å²) in [6.07, 6.45) is 1.16. The van der Waals surface area contributed by atoms with E-state index >= 15 is 0 Å².